The lowest BCUT2D eigenvalue weighted by Gasteiger charge is -2.32. The Morgan fingerprint density at radius 3 is 1.74 bits per heavy atom. The molecule has 0 fully saturated rings. The van der Waals surface area contributed by atoms with E-state index in [-0.39, 0.29) is 0 Å². The molecule has 5 heteroatoms. The first-order chi connectivity index (χ1) is 28.7. The topological polar surface area (TPSA) is 64.7 Å². The average molecular weight is 741 g/mol. The average Bonchev–Trinajstić information content (AvgIpc) is 3.87. The van der Waals surface area contributed by atoms with E-state index < -0.39 is 5.41 Å². The largest absolute Gasteiger partial charge is 0.435 e. The Kier molecular flexibility index (Phi) is 7.07. The summed E-state index contributed by atoms with van der Waals surface area (Å²) < 4.78 is 6.59. The molecule has 2 aromatic heterocycles. The van der Waals surface area contributed by atoms with Crippen molar-refractivity contribution in [2.24, 2.45) is 0 Å². The molecule has 0 saturated carbocycles. The van der Waals surface area contributed by atoms with Crippen molar-refractivity contribution >= 4 is 43.4 Å². The van der Waals surface area contributed by atoms with Crippen molar-refractivity contribution in [2.45, 2.75) is 5.41 Å². The van der Waals surface area contributed by atoms with Gasteiger partial charge in [-0.25, -0.2) is 19.9 Å². The van der Waals surface area contributed by atoms with Crippen molar-refractivity contribution in [1.29, 1.82) is 0 Å². The lowest BCUT2D eigenvalue weighted by molar-refractivity contribution is 0.623. The van der Waals surface area contributed by atoms with Gasteiger partial charge in [-0.05, 0) is 85.1 Å². The third-order valence-electron chi connectivity index (χ3n) is 11.8. The summed E-state index contributed by atoms with van der Waals surface area (Å²) >= 11 is 0. The Morgan fingerprint density at radius 2 is 0.983 bits per heavy atom. The standard InChI is InChI=1S/C53H32N4O/c1-3-14-36(15-4-1)49-55-50(39-26-24-34-23-25-35-28-30-46-48(47(35)43(34)32-39)58-51(54-46)37-16-5-2-6-17-37)57-52(56-49)53(40-29-27-33-13-7-8-18-38(33)31-40)44-21-11-9-19-41(44)42-20-10-12-22-45(42)53/h1-32H. The van der Waals surface area contributed by atoms with E-state index >= 15 is 0 Å². The molecule has 0 radical (unpaired) electrons. The lowest BCUT2D eigenvalue weighted by Crippen LogP contribution is -2.31. The Bertz CT molecular complexity index is 3360. The Morgan fingerprint density at radius 1 is 0.397 bits per heavy atom. The van der Waals surface area contributed by atoms with Crippen molar-refractivity contribution in [3.05, 3.63) is 217 Å². The summed E-state index contributed by atoms with van der Waals surface area (Å²) in [4.78, 5) is 21.2. The van der Waals surface area contributed by atoms with Crippen molar-refractivity contribution in [3.8, 4) is 45.4 Å². The highest BCUT2D eigenvalue weighted by molar-refractivity contribution is 6.18. The van der Waals surface area contributed by atoms with E-state index in [9.17, 15) is 0 Å². The molecular weight excluding hydrogens is 709 g/mol. The van der Waals surface area contributed by atoms with E-state index in [0.29, 0.717) is 23.4 Å². The molecular formula is C53H32N4O. The van der Waals surface area contributed by atoms with Crippen LogP contribution in [0.1, 0.15) is 22.5 Å². The first kappa shape index (κ1) is 32.5. The Balaban J connectivity index is 1.15. The van der Waals surface area contributed by atoms with Crippen LogP contribution >= 0.6 is 0 Å². The predicted molar refractivity (Wildman–Crippen MR) is 234 cm³/mol. The second kappa shape index (κ2) is 12.6. The SMILES string of the molecule is c1ccc(-c2nc(-c3ccc4ccc5ccc6nc(-c7ccccc7)oc6c5c4c3)nc(C3(c4ccc5ccccc5c4)c4ccccc4-c4ccccc43)n2)cc1. The maximum Gasteiger partial charge on any atom is 0.227 e. The number of aromatic nitrogens is 4. The van der Waals surface area contributed by atoms with Gasteiger partial charge in [0, 0.05) is 22.1 Å². The molecule has 0 saturated heterocycles. The lowest BCUT2D eigenvalue weighted by atomic mass is 9.71. The van der Waals surface area contributed by atoms with Gasteiger partial charge in [-0.1, -0.05) is 164 Å². The van der Waals surface area contributed by atoms with Gasteiger partial charge in [0.05, 0.1) is 0 Å². The normalized spacial score (nSPS) is 13.0. The molecule has 0 spiro atoms. The van der Waals surface area contributed by atoms with Gasteiger partial charge in [-0.3, -0.25) is 0 Å². The molecule has 0 amide bonds. The maximum absolute atomic E-state index is 6.59. The van der Waals surface area contributed by atoms with E-state index in [0.717, 1.165) is 71.4 Å². The molecule has 0 aliphatic heterocycles. The molecule has 0 atom stereocenters. The molecule has 1 aliphatic rings. The Labute approximate surface area is 334 Å². The van der Waals surface area contributed by atoms with Gasteiger partial charge in [0.2, 0.25) is 5.89 Å². The van der Waals surface area contributed by atoms with Crippen LogP contribution in [0.15, 0.2) is 199 Å². The first-order valence-electron chi connectivity index (χ1n) is 19.5. The first-order valence-corrected chi connectivity index (χ1v) is 19.5. The van der Waals surface area contributed by atoms with E-state index in [1.54, 1.807) is 0 Å². The van der Waals surface area contributed by atoms with Gasteiger partial charge in [0.1, 0.15) is 10.9 Å². The number of benzene rings is 9. The quantitative estimate of drug-likeness (QED) is 0.164. The molecule has 0 unspecified atom stereocenters. The van der Waals surface area contributed by atoms with Crippen molar-refractivity contribution in [2.75, 3.05) is 0 Å². The zero-order valence-electron chi connectivity index (χ0n) is 31.2. The molecule has 58 heavy (non-hydrogen) atoms. The smallest absolute Gasteiger partial charge is 0.227 e. The van der Waals surface area contributed by atoms with Gasteiger partial charge in [-0.15, -0.1) is 0 Å². The molecule has 2 heterocycles. The van der Waals surface area contributed by atoms with Gasteiger partial charge in [0.15, 0.2) is 23.1 Å². The second-order valence-electron chi connectivity index (χ2n) is 15.0. The fourth-order valence-corrected chi connectivity index (χ4v) is 9.09. The highest BCUT2D eigenvalue weighted by atomic mass is 16.3. The van der Waals surface area contributed by atoms with Crippen LogP contribution in [0.5, 0.6) is 0 Å². The van der Waals surface area contributed by atoms with E-state index in [1.165, 1.54) is 16.5 Å². The zero-order valence-corrected chi connectivity index (χ0v) is 31.2. The summed E-state index contributed by atoms with van der Waals surface area (Å²) in [6.07, 6.45) is 0. The highest BCUT2D eigenvalue weighted by Gasteiger charge is 2.49. The molecule has 5 nitrogen and oxygen atoms in total. The van der Waals surface area contributed by atoms with Crippen molar-refractivity contribution in [1.82, 2.24) is 19.9 Å². The van der Waals surface area contributed by atoms with E-state index in [4.69, 9.17) is 24.4 Å². The number of rotatable bonds is 5. The van der Waals surface area contributed by atoms with Crippen molar-refractivity contribution < 1.29 is 4.42 Å². The summed E-state index contributed by atoms with van der Waals surface area (Å²) in [5.74, 6) is 2.49. The summed E-state index contributed by atoms with van der Waals surface area (Å²) in [5.41, 5.74) is 9.24. The molecule has 12 rings (SSSR count). The van der Waals surface area contributed by atoms with Crippen LogP contribution in [0.25, 0.3) is 88.8 Å². The van der Waals surface area contributed by atoms with Crippen LogP contribution in [0.2, 0.25) is 0 Å². The monoisotopic (exact) mass is 740 g/mol. The van der Waals surface area contributed by atoms with Gasteiger partial charge < -0.3 is 4.42 Å². The van der Waals surface area contributed by atoms with Crippen LogP contribution in [0.3, 0.4) is 0 Å². The molecule has 0 bridgehead atoms. The van der Waals surface area contributed by atoms with Crippen LogP contribution < -0.4 is 0 Å². The summed E-state index contributed by atoms with van der Waals surface area (Å²) in [6.45, 7) is 0. The minimum absolute atomic E-state index is 0.597. The van der Waals surface area contributed by atoms with Crippen LogP contribution in [-0.2, 0) is 5.41 Å². The molecule has 270 valence electrons. The second-order valence-corrected chi connectivity index (χ2v) is 15.0. The minimum atomic E-state index is -0.832. The molecule has 9 aromatic carbocycles. The number of hydrogen-bond donors (Lipinski definition) is 0. The van der Waals surface area contributed by atoms with Crippen LogP contribution in [-0.4, -0.2) is 19.9 Å². The number of fused-ring (bicyclic) bond motifs is 9. The molecule has 11 aromatic rings. The Hall–Kier alpha value is -7.76. The molecule has 0 N–H and O–H groups in total. The number of nitrogens with zero attached hydrogens (tertiary/aromatic N) is 4. The van der Waals surface area contributed by atoms with E-state index in [1.807, 2.05) is 54.6 Å². The minimum Gasteiger partial charge on any atom is -0.435 e. The fraction of sp³-hybridized carbons (Fsp3) is 0.0189. The fourth-order valence-electron chi connectivity index (χ4n) is 9.09. The summed E-state index contributed by atoms with van der Waals surface area (Å²) in [6, 6.07) is 68.0. The summed E-state index contributed by atoms with van der Waals surface area (Å²) in [7, 11) is 0. The summed E-state index contributed by atoms with van der Waals surface area (Å²) in [5, 5.41) is 6.56. The van der Waals surface area contributed by atoms with E-state index in [2.05, 4.69) is 140 Å². The predicted octanol–water partition coefficient (Wildman–Crippen LogP) is 12.8. The van der Waals surface area contributed by atoms with Crippen molar-refractivity contribution in [3.63, 3.8) is 0 Å². The van der Waals surface area contributed by atoms with Gasteiger partial charge in [0.25, 0.3) is 0 Å². The van der Waals surface area contributed by atoms with Crippen LogP contribution in [0.4, 0.5) is 0 Å². The highest BCUT2D eigenvalue weighted by Crippen LogP contribution is 2.55. The van der Waals surface area contributed by atoms with Gasteiger partial charge in [-0.2, -0.15) is 0 Å². The number of hydrogen-bond acceptors (Lipinski definition) is 5. The number of oxazole rings is 1. The zero-order chi connectivity index (χ0) is 38.2. The maximum atomic E-state index is 6.59. The third-order valence-corrected chi connectivity index (χ3v) is 11.8. The van der Waals surface area contributed by atoms with Crippen LogP contribution in [0, 0.1) is 0 Å². The molecule has 1 aliphatic carbocycles. The third kappa shape index (κ3) is 4.83. The van der Waals surface area contributed by atoms with Gasteiger partial charge >= 0.3 is 0 Å².